The fourth-order valence-electron chi connectivity index (χ4n) is 2.55. The van der Waals surface area contributed by atoms with Crippen molar-refractivity contribution in [2.75, 3.05) is 0 Å². The van der Waals surface area contributed by atoms with Gasteiger partial charge in [0.2, 0.25) is 0 Å². The second-order valence-corrected chi connectivity index (χ2v) is 5.74. The lowest BCUT2D eigenvalue weighted by Crippen LogP contribution is -2.05. The summed E-state index contributed by atoms with van der Waals surface area (Å²) in [5.74, 6) is 2.85. The highest BCUT2D eigenvalue weighted by Crippen LogP contribution is 2.34. The third kappa shape index (κ3) is 4.25. The summed E-state index contributed by atoms with van der Waals surface area (Å²) in [5.41, 5.74) is 1.44. The van der Waals surface area contributed by atoms with Gasteiger partial charge in [-0.05, 0) is 47.0 Å². The van der Waals surface area contributed by atoms with E-state index < -0.39 is 11.7 Å². The zero-order chi connectivity index (χ0) is 18.6. The van der Waals surface area contributed by atoms with Gasteiger partial charge in [-0.15, -0.1) is 6.42 Å². The van der Waals surface area contributed by atoms with Gasteiger partial charge in [0, 0.05) is 5.56 Å². The van der Waals surface area contributed by atoms with Crippen LogP contribution >= 0.6 is 0 Å². The van der Waals surface area contributed by atoms with Crippen LogP contribution in [-0.2, 0) is 12.8 Å². The first-order chi connectivity index (χ1) is 12.5. The molecule has 3 aromatic rings. The molecule has 130 valence electrons. The Hall–Kier alpha value is -3.19. The topological polar surface area (TPSA) is 9.23 Å². The third-order valence-electron chi connectivity index (χ3n) is 3.84. The van der Waals surface area contributed by atoms with Crippen molar-refractivity contribution in [1.82, 2.24) is 0 Å². The number of alkyl halides is 3. The van der Waals surface area contributed by atoms with E-state index in [1.807, 2.05) is 30.3 Å². The van der Waals surface area contributed by atoms with Crippen molar-refractivity contribution < 1.29 is 17.9 Å². The molecule has 3 rings (SSSR count). The zero-order valence-electron chi connectivity index (χ0n) is 13.8. The minimum atomic E-state index is -4.46. The van der Waals surface area contributed by atoms with Gasteiger partial charge in [-0.2, -0.15) is 13.2 Å². The van der Waals surface area contributed by atoms with Crippen LogP contribution < -0.4 is 4.74 Å². The first-order valence-corrected chi connectivity index (χ1v) is 7.92. The van der Waals surface area contributed by atoms with E-state index in [2.05, 4.69) is 5.92 Å². The van der Waals surface area contributed by atoms with Crippen molar-refractivity contribution in [2.45, 2.75) is 12.8 Å². The van der Waals surface area contributed by atoms with Gasteiger partial charge in [0.05, 0.1) is 5.56 Å². The van der Waals surface area contributed by atoms with Crippen molar-refractivity contribution in [1.29, 1.82) is 0 Å². The smallest absolute Gasteiger partial charge is 0.416 e. The molecule has 0 saturated carbocycles. The Kier molecular flexibility index (Phi) is 4.99. The number of rotatable bonds is 4. The molecule has 0 radical (unpaired) electrons. The largest absolute Gasteiger partial charge is 0.489 e. The molecule has 4 heteroatoms. The minimum Gasteiger partial charge on any atom is -0.489 e. The van der Waals surface area contributed by atoms with Crippen molar-refractivity contribution in [3.8, 4) is 29.2 Å². The lowest BCUT2D eigenvalue weighted by molar-refractivity contribution is -0.137. The van der Waals surface area contributed by atoms with Gasteiger partial charge in [0.15, 0.2) is 0 Å². The van der Waals surface area contributed by atoms with E-state index in [9.17, 15) is 13.2 Å². The molecule has 0 aliphatic rings. The van der Waals surface area contributed by atoms with E-state index in [1.54, 1.807) is 30.3 Å². The summed E-state index contributed by atoms with van der Waals surface area (Å²) in [4.78, 5) is 0. The number of hydrogen-bond donors (Lipinski definition) is 0. The van der Waals surface area contributed by atoms with Crippen LogP contribution in [0.2, 0.25) is 0 Å². The van der Waals surface area contributed by atoms with Crippen molar-refractivity contribution in [2.24, 2.45) is 0 Å². The molecule has 0 spiro atoms. The summed E-state index contributed by atoms with van der Waals surface area (Å²) in [6.07, 6.45) is 0.854. The Bertz CT molecular complexity index is 938. The standard InChI is InChI=1S/C22H15F3O/c1-2-16-11-19(13-20(12-16)22(23,24)25)18-9-6-10-21(14-18)26-15-17-7-4-3-5-8-17/h1,3-14H,15H2. The highest BCUT2D eigenvalue weighted by Gasteiger charge is 2.31. The average Bonchev–Trinajstić information content (AvgIpc) is 2.66. The highest BCUT2D eigenvalue weighted by molar-refractivity contribution is 5.68. The van der Waals surface area contributed by atoms with Gasteiger partial charge in [-0.1, -0.05) is 48.4 Å². The molecule has 0 bridgehead atoms. The molecule has 0 unspecified atom stereocenters. The Morgan fingerprint density at radius 3 is 2.31 bits per heavy atom. The molecular formula is C22H15F3O. The van der Waals surface area contributed by atoms with Crippen molar-refractivity contribution in [3.63, 3.8) is 0 Å². The van der Waals surface area contributed by atoms with Crippen LogP contribution in [0.5, 0.6) is 5.75 Å². The highest BCUT2D eigenvalue weighted by atomic mass is 19.4. The quantitative estimate of drug-likeness (QED) is 0.529. The Morgan fingerprint density at radius 1 is 0.846 bits per heavy atom. The minimum absolute atomic E-state index is 0.186. The maximum absolute atomic E-state index is 13.1. The lowest BCUT2D eigenvalue weighted by atomic mass is 9.99. The predicted molar refractivity (Wildman–Crippen MR) is 95.6 cm³/mol. The molecule has 0 saturated heterocycles. The maximum Gasteiger partial charge on any atom is 0.416 e. The summed E-state index contributed by atoms with van der Waals surface area (Å²) in [5, 5.41) is 0. The van der Waals surface area contributed by atoms with Crippen LogP contribution in [-0.4, -0.2) is 0 Å². The Balaban J connectivity index is 1.89. The second-order valence-electron chi connectivity index (χ2n) is 5.74. The van der Waals surface area contributed by atoms with Crippen LogP contribution in [0.25, 0.3) is 11.1 Å². The molecular weight excluding hydrogens is 337 g/mol. The number of terminal acetylenes is 1. The Labute approximate surface area is 150 Å². The monoisotopic (exact) mass is 352 g/mol. The van der Waals surface area contributed by atoms with E-state index in [1.165, 1.54) is 0 Å². The van der Waals surface area contributed by atoms with Gasteiger partial charge < -0.3 is 4.74 Å². The van der Waals surface area contributed by atoms with Gasteiger partial charge in [-0.25, -0.2) is 0 Å². The molecule has 0 fully saturated rings. The fraction of sp³-hybridized carbons (Fsp3) is 0.0909. The van der Waals surface area contributed by atoms with Crippen LogP contribution in [0.4, 0.5) is 13.2 Å². The summed E-state index contributed by atoms with van der Waals surface area (Å²) in [6.45, 7) is 0.377. The van der Waals surface area contributed by atoms with Gasteiger partial charge in [-0.3, -0.25) is 0 Å². The van der Waals surface area contributed by atoms with Crippen LogP contribution in [0, 0.1) is 12.3 Å². The lowest BCUT2D eigenvalue weighted by Gasteiger charge is -2.12. The molecule has 0 heterocycles. The van der Waals surface area contributed by atoms with Crippen LogP contribution in [0.15, 0.2) is 72.8 Å². The molecule has 3 aromatic carbocycles. The van der Waals surface area contributed by atoms with Gasteiger partial charge >= 0.3 is 6.18 Å². The molecule has 26 heavy (non-hydrogen) atoms. The molecule has 0 aliphatic heterocycles. The van der Waals surface area contributed by atoms with E-state index >= 15 is 0 Å². The predicted octanol–water partition coefficient (Wildman–Crippen LogP) is 5.93. The van der Waals surface area contributed by atoms with Gasteiger partial charge in [0.1, 0.15) is 12.4 Å². The third-order valence-corrected chi connectivity index (χ3v) is 3.84. The van der Waals surface area contributed by atoms with Crippen LogP contribution in [0.3, 0.4) is 0 Å². The molecule has 1 nitrogen and oxygen atoms in total. The summed E-state index contributed by atoms with van der Waals surface area (Å²) in [6, 6.07) is 20.2. The Morgan fingerprint density at radius 2 is 1.62 bits per heavy atom. The maximum atomic E-state index is 13.1. The normalized spacial score (nSPS) is 11.0. The van der Waals surface area contributed by atoms with E-state index in [0.717, 1.165) is 17.7 Å². The molecule has 0 amide bonds. The molecule has 0 aliphatic carbocycles. The van der Waals surface area contributed by atoms with Gasteiger partial charge in [0.25, 0.3) is 0 Å². The molecule has 0 atom stereocenters. The summed E-state index contributed by atoms with van der Waals surface area (Å²) < 4.78 is 45.0. The zero-order valence-corrected chi connectivity index (χ0v) is 13.8. The summed E-state index contributed by atoms with van der Waals surface area (Å²) in [7, 11) is 0. The fourth-order valence-corrected chi connectivity index (χ4v) is 2.55. The SMILES string of the molecule is C#Cc1cc(-c2cccc(OCc3ccccc3)c2)cc(C(F)(F)F)c1. The number of hydrogen-bond acceptors (Lipinski definition) is 1. The van der Waals surface area contributed by atoms with Crippen molar-refractivity contribution in [3.05, 3.63) is 89.5 Å². The van der Waals surface area contributed by atoms with Crippen molar-refractivity contribution >= 4 is 0 Å². The van der Waals surface area contributed by atoms with E-state index in [0.29, 0.717) is 23.5 Å². The second kappa shape index (κ2) is 7.37. The molecule has 0 N–H and O–H groups in total. The number of ether oxygens (including phenoxy) is 1. The average molecular weight is 352 g/mol. The number of halogens is 3. The van der Waals surface area contributed by atoms with E-state index in [-0.39, 0.29) is 5.56 Å². The first-order valence-electron chi connectivity index (χ1n) is 7.92. The first kappa shape index (κ1) is 17.6. The van der Waals surface area contributed by atoms with E-state index in [4.69, 9.17) is 11.2 Å². The summed E-state index contributed by atoms with van der Waals surface area (Å²) >= 11 is 0. The van der Waals surface area contributed by atoms with Crippen LogP contribution in [0.1, 0.15) is 16.7 Å². The number of benzene rings is 3. The molecule has 0 aromatic heterocycles.